The summed E-state index contributed by atoms with van der Waals surface area (Å²) >= 11 is 0. The van der Waals surface area contributed by atoms with E-state index in [1.807, 2.05) is 12.1 Å². The molecular weight excluding hydrogens is 381 g/mol. The highest BCUT2D eigenvalue weighted by Crippen LogP contribution is 2.32. The summed E-state index contributed by atoms with van der Waals surface area (Å²) in [5, 5.41) is 6.58. The number of rotatable bonds is 6. The van der Waals surface area contributed by atoms with E-state index in [2.05, 4.69) is 35.5 Å². The molecule has 0 aromatic heterocycles. The zero-order chi connectivity index (χ0) is 14.2. The fraction of sp³-hybridized carbons (Fsp3) is 0.533. The van der Waals surface area contributed by atoms with Crippen LogP contribution in [0, 0.1) is 0 Å². The van der Waals surface area contributed by atoms with E-state index >= 15 is 0 Å². The van der Waals surface area contributed by atoms with Crippen molar-refractivity contribution in [3.8, 4) is 11.5 Å². The lowest BCUT2D eigenvalue weighted by Gasteiger charge is -2.11. The molecule has 0 fully saturated rings. The molecule has 2 N–H and O–H groups in total. The summed E-state index contributed by atoms with van der Waals surface area (Å²) in [5.41, 5.74) is 1.23. The maximum atomic E-state index is 5.38. The van der Waals surface area contributed by atoms with Crippen LogP contribution in [0.3, 0.4) is 0 Å². The van der Waals surface area contributed by atoms with Gasteiger partial charge in [0.2, 0.25) is 6.79 Å². The molecule has 1 aromatic rings. The van der Waals surface area contributed by atoms with Crippen LogP contribution in [0.4, 0.5) is 0 Å². The van der Waals surface area contributed by atoms with Gasteiger partial charge in [-0.15, -0.1) is 24.0 Å². The van der Waals surface area contributed by atoms with Crippen LogP contribution in [0.25, 0.3) is 0 Å². The van der Waals surface area contributed by atoms with Gasteiger partial charge in [0.25, 0.3) is 0 Å². The summed E-state index contributed by atoms with van der Waals surface area (Å²) in [4.78, 5) is 4.47. The van der Waals surface area contributed by atoms with Crippen LogP contribution in [0.1, 0.15) is 25.8 Å². The first-order valence-corrected chi connectivity index (χ1v) is 7.24. The predicted octanol–water partition coefficient (Wildman–Crippen LogP) is 2.54. The molecule has 0 saturated carbocycles. The largest absolute Gasteiger partial charge is 0.454 e. The Morgan fingerprint density at radius 2 is 2.00 bits per heavy atom. The molecule has 0 amide bonds. The molecule has 5 nitrogen and oxygen atoms in total. The highest BCUT2D eigenvalue weighted by atomic mass is 127. The standard InChI is InChI=1S/C15H23N3O2.HI/c1-3-8-17-15(16-4-2)18-9-7-12-5-6-13-14(10-12)20-11-19-13;/h5-6,10H,3-4,7-9,11H2,1-2H3,(H2,16,17,18);1H. The SMILES string of the molecule is CCCN=C(NCC)NCCc1ccc2c(c1)OCO2.I. The van der Waals surface area contributed by atoms with Crippen LogP contribution in [-0.4, -0.2) is 32.4 Å². The van der Waals surface area contributed by atoms with Gasteiger partial charge >= 0.3 is 0 Å². The predicted molar refractivity (Wildman–Crippen MR) is 96.0 cm³/mol. The number of guanidine groups is 1. The van der Waals surface area contributed by atoms with Crippen LogP contribution in [0.2, 0.25) is 0 Å². The van der Waals surface area contributed by atoms with E-state index in [4.69, 9.17) is 9.47 Å². The van der Waals surface area contributed by atoms with Crippen LogP contribution >= 0.6 is 24.0 Å². The van der Waals surface area contributed by atoms with Gasteiger partial charge in [0.15, 0.2) is 17.5 Å². The van der Waals surface area contributed by atoms with E-state index in [1.165, 1.54) is 5.56 Å². The lowest BCUT2D eigenvalue weighted by atomic mass is 10.1. The number of aliphatic imine (C=N–C) groups is 1. The second-order valence-electron chi connectivity index (χ2n) is 4.63. The molecule has 1 aliphatic heterocycles. The molecule has 0 bridgehead atoms. The number of benzene rings is 1. The molecule has 0 saturated heterocycles. The van der Waals surface area contributed by atoms with E-state index in [-0.39, 0.29) is 24.0 Å². The van der Waals surface area contributed by atoms with Gasteiger partial charge in [-0.2, -0.15) is 0 Å². The second kappa shape index (κ2) is 9.70. The number of fused-ring (bicyclic) bond motifs is 1. The fourth-order valence-electron chi connectivity index (χ4n) is 1.99. The third kappa shape index (κ3) is 5.61. The Bertz CT molecular complexity index is 466. The van der Waals surface area contributed by atoms with E-state index < -0.39 is 0 Å². The van der Waals surface area contributed by atoms with Crippen molar-refractivity contribution in [3.05, 3.63) is 23.8 Å². The molecule has 1 heterocycles. The monoisotopic (exact) mass is 405 g/mol. The Balaban J connectivity index is 0.00000220. The quantitative estimate of drug-likeness (QED) is 0.434. The normalized spacial score (nSPS) is 12.8. The van der Waals surface area contributed by atoms with Gasteiger partial charge in [-0.25, -0.2) is 0 Å². The first kappa shape index (κ1) is 17.9. The first-order chi connectivity index (χ1) is 9.83. The minimum atomic E-state index is 0. The first-order valence-electron chi connectivity index (χ1n) is 7.24. The van der Waals surface area contributed by atoms with Crippen molar-refractivity contribution >= 4 is 29.9 Å². The van der Waals surface area contributed by atoms with Gasteiger partial charge in [-0.3, -0.25) is 4.99 Å². The van der Waals surface area contributed by atoms with Gasteiger partial charge < -0.3 is 20.1 Å². The Hall–Kier alpha value is -1.18. The van der Waals surface area contributed by atoms with E-state index in [0.717, 1.165) is 49.9 Å². The molecule has 0 spiro atoms. The summed E-state index contributed by atoms with van der Waals surface area (Å²) in [7, 11) is 0. The van der Waals surface area contributed by atoms with E-state index in [1.54, 1.807) is 0 Å². The van der Waals surface area contributed by atoms with E-state index in [9.17, 15) is 0 Å². The van der Waals surface area contributed by atoms with Crippen molar-refractivity contribution in [1.82, 2.24) is 10.6 Å². The van der Waals surface area contributed by atoms with Crippen molar-refractivity contribution in [2.75, 3.05) is 26.4 Å². The molecule has 0 atom stereocenters. The smallest absolute Gasteiger partial charge is 0.231 e. The zero-order valence-electron chi connectivity index (χ0n) is 12.6. The van der Waals surface area contributed by atoms with Crippen LogP contribution in [-0.2, 0) is 6.42 Å². The third-order valence-electron chi connectivity index (χ3n) is 2.98. The third-order valence-corrected chi connectivity index (χ3v) is 2.98. The van der Waals surface area contributed by atoms with Crippen molar-refractivity contribution in [2.24, 2.45) is 4.99 Å². The summed E-state index contributed by atoms with van der Waals surface area (Å²) in [6, 6.07) is 6.08. The molecular formula is C15H24IN3O2. The molecule has 1 aromatic carbocycles. The molecule has 0 radical (unpaired) electrons. The van der Waals surface area contributed by atoms with Gasteiger partial charge in [0.1, 0.15) is 0 Å². The molecule has 0 unspecified atom stereocenters. The van der Waals surface area contributed by atoms with Gasteiger partial charge in [0.05, 0.1) is 0 Å². The lowest BCUT2D eigenvalue weighted by Crippen LogP contribution is -2.38. The number of nitrogens with one attached hydrogen (secondary N) is 2. The lowest BCUT2D eigenvalue weighted by molar-refractivity contribution is 0.174. The van der Waals surface area contributed by atoms with E-state index in [0.29, 0.717) is 6.79 Å². The molecule has 0 aliphatic carbocycles. The summed E-state index contributed by atoms with van der Waals surface area (Å²) in [5.74, 6) is 2.56. The van der Waals surface area contributed by atoms with Crippen LogP contribution < -0.4 is 20.1 Å². The number of hydrogen-bond donors (Lipinski definition) is 2. The second-order valence-corrected chi connectivity index (χ2v) is 4.63. The Morgan fingerprint density at radius 3 is 2.76 bits per heavy atom. The average molecular weight is 405 g/mol. The maximum absolute atomic E-state index is 5.38. The van der Waals surface area contributed by atoms with Crippen molar-refractivity contribution in [2.45, 2.75) is 26.7 Å². The van der Waals surface area contributed by atoms with Gasteiger partial charge in [-0.05, 0) is 37.5 Å². The molecule has 118 valence electrons. The van der Waals surface area contributed by atoms with Crippen molar-refractivity contribution in [3.63, 3.8) is 0 Å². The zero-order valence-corrected chi connectivity index (χ0v) is 15.0. The minimum absolute atomic E-state index is 0. The summed E-state index contributed by atoms with van der Waals surface area (Å²) in [6.45, 7) is 7.08. The number of hydrogen-bond acceptors (Lipinski definition) is 3. The van der Waals surface area contributed by atoms with Crippen LogP contribution in [0.15, 0.2) is 23.2 Å². The van der Waals surface area contributed by atoms with Gasteiger partial charge in [0, 0.05) is 19.6 Å². The average Bonchev–Trinajstić information content (AvgIpc) is 2.92. The highest BCUT2D eigenvalue weighted by Gasteiger charge is 2.12. The molecule has 6 heteroatoms. The number of ether oxygens (including phenoxy) is 2. The van der Waals surface area contributed by atoms with Crippen molar-refractivity contribution < 1.29 is 9.47 Å². The van der Waals surface area contributed by atoms with Gasteiger partial charge in [-0.1, -0.05) is 13.0 Å². The Kier molecular flexibility index (Phi) is 8.26. The fourth-order valence-corrected chi connectivity index (χ4v) is 1.99. The topological polar surface area (TPSA) is 54.9 Å². The van der Waals surface area contributed by atoms with Crippen molar-refractivity contribution in [1.29, 1.82) is 0 Å². The molecule has 1 aliphatic rings. The number of halogens is 1. The molecule has 21 heavy (non-hydrogen) atoms. The summed E-state index contributed by atoms with van der Waals surface area (Å²) < 4.78 is 10.7. The Morgan fingerprint density at radius 1 is 1.19 bits per heavy atom. The Labute approximate surface area is 143 Å². The highest BCUT2D eigenvalue weighted by molar-refractivity contribution is 14.0. The maximum Gasteiger partial charge on any atom is 0.231 e. The minimum Gasteiger partial charge on any atom is -0.454 e. The number of nitrogens with zero attached hydrogens (tertiary/aromatic N) is 1. The van der Waals surface area contributed by atoms with Crippen LogP contribution in [0.5, 0.6) is 11.5 Å². The molecule has 2 rings (SSSR count). The summed E-state index contributed by atoms with van der Waals surface area (Å²) in [6.07, 6.45) is 1.98.